The Morgan fingerprint density at radius 1 is 1.59 bits per heavy atom. The van der Waals surface area contributed by atoms with Crippen LogP contribution in [-0.4, -0.2) is 30.3 Å². The lowest BCUT2D eigenvalue weighted by molar-refractivity contribution is 0.0953. The maximum absolute atomic E-state index is 11.8. The Kier molecular flexibility index (Phi) is 6.17. The summed E-state index contributed by atoms with van der Waals surface area (Å²) in [6, 6.07) is 3.87. The number of Topliss-reactive ketones (excluding diaryl/α,β-unsaturated/α-hetero) is 1. The fourth-order valence-corrected chi connectivity index (χ4v) is 3.00. The molecule has 96 valence electrons. The molecule has 0 aromatic carbocycles. The number of rotatable bonds is 4. The minimum atomic E-state index is 0. The standard InChI is InChI=1S/C13H19NOS.ClH/c1-11-4-2-7-14(10-11)8-6-12(15)13-5-3-9-16-13;/h3,5,9,11H,2,4,6-8,10H2,1H3;1H. The van der Waals surface area contributed by atoms with Gasteiger partial charge in [0.25, 0.3) is 0 Å². The number of nitrogens with zero attached hydrogens (tertiary/aromatic N) is 1. The molecule has 2 rings (SSSR count). The summed E-state index contributed by atoms with van der Waals surface area (Å²) in [7, 11) is 0. The summed E-state index contributed by atoms with van der Waals surface area (Å²) in [6.45, 7) is 5.56. The van der Waals surface area contributed by atoms with Crippen molar-refractivity contribution in [3.8, 4) is 0 Å². The quantitative estimate of drug-likeness (QED) is 0.783. The molecule has 1 aliphatic heterocycles. The second kappa shape index (κ2) is 7.14. The Morgan fingerprint density at radius 3 is 3.06 bits per heavy atom. The molecule has 1 atom stereocenters. The van der Waals surface area contributed by atoms with Crippen molar-refractivity contribution in [2.75, 3.05) is 19.6 Å². The highest BCUT2D eigenvalue weighted by atomic mass is 35.5. The fraction of sp³-hybridized carbons (Fsp3) is 0.615. The molecule has 0 bridgehead atoms. The zero-order valence-corrected chi connectivity index (χ0v) is 11.9. The Balaban J connectivity index is 0.00000144. The van der Waals surface area contributed by atoms with Crippen LogP contribution in [0.25, 0.3) is 0 Å². The monoisotopic (exact) mass is 273 g/mol. The molecule has 1 aliphatic rings. The first-order chi connectivity index (χ1) is 7.75. The second-order valence-electron chi connectivity index (χ2n) is 4.70. The first-order valence-corrected chi connectivity index (χ1v) is 6.93. The molecule has 1 aromatic rings. The summed E-state index contributed by atoms with van der Waals surface area (Å²) in [5, 5.41) is 1.97. The number of likely N-dealkylation sites (tertiary alicyclic amines) is 1. The first kappa shape index (κ1) is 14.7. The molecule has 1 fully saturated rings. The molecule has 2 heterocycles. The van der Waals surface area contributed by atoms with Crippen LogP contribution in [0, 0.1) is 5.92 Å². The van der Waals surface area contributed by atoms with Crippen LogP contribution in [0.15, 0.2) is 17.5 Å². The van der Waals surface area contributed by atoms with E-state index in [9.17, 15) is 4.79 Å². The summed E-state index contributed by atoms with van der Waals surface area (Å²) in [5.74, 6) is 1.10. The Labute approximate surface area is 113 Å². The number of carbonyl (C=O) groups is 1. The van der Waals surface area contributed by atoms with Gasteiger partial charge in [0.15, 0.2) is 5.78 Å². The normalized spacial score (nSPS) is 20.9. The van der Waals surface area contributed by atoms with Crippen molar-refractivity contribution in [3.05, 3.63) is 22.4 Å². The van der Waals surface area contributed by atoms with Crippen molar-refractivity contribution >= 4 is 29.5 Å². The lowest BCUT2D eigenvalue weighted by atomic mass is 10.00. The molecule has 0 amide bonds. The van der Waals surface area contributed by atoms with Crippen LogP contribution in [-0.2, 0) is 0 Å². The van der Waals surface area contributed by atoms with Crippen LogP contribution in [0.3, 0.4) is 0 Å². The smallest absolute Gasteiger partial charge is 0.174 e. The largest absolute Gasteiger partial charge is 0.303 e. The number of carbonyl (C=O) groups excluding carboxylic acids is 1. The summed E-state index contributed by atoms with van der Waals surface area (Å²) >= 11 is 1.55. The van der Waals surface area contributed by atoms with Crippen LogP contribution in [0.4, 0.5) is 0 Å². The van der Waals surface area contributed by atoms with Gasteiger partial charge in [0.05, 0.1) is 4.88 Å². The molecule has 1 saturated heterocycles. The molecule has 0 spiro atoms. The third-order valence-electron chi connectivity index (χ3n) is 3.19. The predicted octanol–water partition coefficient (Wildman–Crippen LogP) is 3.47. The van der Waals surface area contributed by atoms with Gasteiger partial charge < -0.3 is 4.90 Å². The van der Waals surface area contributed by atoms with Gasteiger partial charge in [-0.3, -0.25) is 4.79 Å². The highest BCUT2D eigenvalue weighted by molar-refractivity contribution is 7.12. The van der Waals surface area contributed by atoms with Gasteiger partial charge in [0.2, 0.25) is 0 Å². The van der Waals surface area contributed by atoms with Gasteiger partial charge >= 0.3 is 0 Å². The molecule has 0 saturated carbocycles. The minimum absolute atomic E-state index is 0. The molecule has 1 unspecified atom stereocenters. The number of thiophene rings is 1. The molecule has 0 aliphatic carbocycles. The van der Waals surface area contributed by atoms with E-state index in [4.69, 9.17) is 0 Å². The molecule has 1 aromatic heterocycles. The number of hydrogen-bond acceptors (Lipinski definition) is 3. The van der Waals surface area contributed by atoms with E-state index in [2.05, 4.69) is 11.8 Å². The van der Waals surface area contributed by atoms with Crippen molar-refractivity contribution in [2.24, 2.45) is 5.92 Å². The van der Waals surface area contributed by atoms with E-state index in [-0.39, 0.29) is 12.4 Å². The van der Waals surface area contributed by atoms with E-state index in [1.165, 1.54) is 19.4 Å². The predicted molar refractivity (Wildman–Crippen MR) is 75.4 cm³/mol. The van der Waals surface area contributed by atoms with Crippen molar-refractivity contribution in [3.63, 3.8) is 0 Å². The van der Waals surface area contributed by atoms with Gasteiger partial charge in [-0.15, -0.1) is 23.7 Å². The molecule has 17 heavy (non-hydrogen) atoms. The van der Waals surface area contributed by atoms with Gasteiger partial charge in [-0.05, 0) is 36.8 Å². The SMILES string of the molecule is CC1CCCN(CCC(=O)c2cccs2)C1.Cl. The van der Waals surface area contributed by atoms with Crippen molar-refractivity contribution < 1.29 is 4.79 Å². The van der Waals surface area contributed by atoms with Crippen LogP contribution in [0.2, 0.25) is 0 Å². The number of hydrogen-bond donors (Lipinski definition) is 0. The van der Waals surface area contributed by atoms with Gasteiger partial charge in [0.1, 0.15) is 0 Å². The number of halogens is 1. The van der Waals surface area contributed by atoms with E-state index < -0.39 is 0 Å². The lowest BCUT2D eigenvalue weighted by Gasteiger charge is -2.30. The van der Waals surface area contributed by atoms with Gasteiger partial charge in [0, 0.05) is 19.5 Å². The van der Waals surface area contributed by atoms with Crippen molar-refractivity contribution in [1.82, 2.24) is 4.90 Å². The summed E-state index contributed by atoms with van der Waals surface area (Å²) < 4.78 is 0. The number of piperidine rings is 1. The Hall–Kier alpha value is -0.380. The summed E-state index contributed by atoms with van der Waals surface area (Å²) in [5.41, 5.74) is 0. The van der Waals surface area contributed by atoms with Gasteiger partial charge in [-0.25, -0.2) is 0 Å². The first-order valence-electron chi connectivity index (χ1n) is 6.05. The highest BCUT2D eigenvalue weighted by Gasteiger charge is 2.17. The van der Waals surface area contributed by atoms with E-state index in [1.807, 2.05) is 17.5 Å². The highest BCUT2D eigenvalue weighted by Crippen LogP contribution is 2.17. The molecular formula is C13H20ClNOS. The van der Waals surface area contributed by atoms with Crippen LogP contribution >= 0.6 is 23.7 Å². The second-order valence-corrected chi connectivity index (χ2v) is 5.65. The number of ketones is 1. The van der Waals surface area contributed by atoms with Gasteiger partial charge in [-0.1, -0.05) is 13.0 Å². The maximum Gasteiger partial charge on any atom is 0.174 e. The maximum atomic E-state index is 11.8. The van der Waals surface area contributed by atoms with E-state index in [0.717, 1.165) is 23.9 Å². The van der Waals surface area contributed by atoms with Crippen LogP contribution < -0.4 is 0 Å². The summed E-state index contributed by atoms with van der Waals surface area (Å²) in [6.07, 6.45) is 3.30. The molecule has 0 N–H and O–H groups in total. The lowest BCUT2D eigenvalue weighted by Crippen LogP contribution is -2.35. The van der Waals surface area contributed by atoms with Crippen LogP contribution in [0.1, 0.15) is 35.9 Å². The zero-order chi connectivity index (χ0) is 11.4. The van der Waals surface area contributed by atoms with Gasteiger partial charge in [-0.2, -0.15) is 0 Å². The molecule has 0 radical (unpaired) electrons. The Morgan fingerprint density at radius 2 is 2.41 bits per heavy atom. The average molecular weight is 274 g/mol. The summed E-state index contributed by atoms with van der Waals surface area (Å²) in [4.78, 5) is 15.2. The molecular weight excluding hydrogens is 254 g/mol. The van der Waals surface area contributed by atoms with E-state index >= 15 is 0 Å². The average Bonchev–Trinajstić information content (AvgIpc) is 2.79. The van der Waals surface area contributed by atoms with E-state index in [0.29, 0.717) is 12.2 Å². The Bertz CT molecular complexity index is 339. The van der Waals surface area contributed by atoms with Crippen molar-refractivity contribution in [2.45, 2.75) is 26.2 Å². The molecule has 2 nitrogen and oxygen atoms in total. The van der Waals surface area contributed by atoms with Crippen molar-refractivity contribution in [1.29, 1.82) is 0 Å². The third-order valence-corrected chi connectivity index (χ3v) is 4.10. The zero-order valence-electron chi connectivity index (χ0n) is 10.2. The fourth-order valence-electron chi connectivity index (χ4n) is 2.31. The van der Waals surface area contributed by atoms with Crippen LogP contribution in [0.5, 0.6) is 0 Å². The molecule has 4 heteroatoms. The minimum Gasteiger partial charge on any atom is -0.303 e. The van der Waals surface area contributed by atoms with E-state index in [1.54, 1.807) is 11.3 Å². The topological polar surface area (TPSA) is 20.3 Å². The third kappa shape index (κ3) is 4.41.